The van der Waals surface area contributed by atoms with Crippen molar-refractivity contribution >= 4 is 34.2 Å². The number of amides is 1. The van der Waals surface area contributed by atoms with Crippen molar-refractivity contribution in [2.75, 3.05) is 38.9 Å². The minimum Gasteiger partial charge on any atom is -0.493 e. The van der Waals surface area contributed by atoms with Crippen LogP contribution in [0, 0.1) is 6.92 Å². The maximum absolute atomic E-state index is 12.4. The standard InChI is InChI=1S/C21H25NO7S/c1-4-27-20(24)17-14(2)18(21(25)29-13-12-26-3)30-19(17)22-16(23)10-11-28-15-8-6-5-7-9-15/h5-9H,4,10-13H2,1-3H3,(H,22,23). The van der Waals surface area contributed by atoms with Crippen molar-refractivity contribution in [3.8, 4) is 5.75 Å². The lowest BCUT2D eigenvalue weighted by Crippen LogP contribution is -2.17. The summed E-state index contributed by atoms with van der Waals surface area (Å²) in [6.07, 6.45) is 0.0712. The molecule has 0 aliphatic rings. The maximum atomic E-state index is 12.4. The summed E-state index contributed by atoms with van der Waals surface area (Å²) in [5, 5.41) is 2.93. The lowest BCUT2D eigenvalue weighted by atomic mass is 10.1. The Morgan fingerprint density at radius 1 is 1.00 bits per heavy atom. The van der Waals surface area contributed by atoms with Gasteiger partial charge in [-0.05, 0) is 31.5 Å². The molecule has 8 nitrogen and oxygen atoms in total. The summed E-state index contributed by atoms with van der Waals surface area (Å²) < 4.78 is 20.6. The zero-order valence-corrected chi connectivity index (χ0v) is 18.0. The molecule has 1 N–H and O–H groups in total. The van der Waals surface area contributed by atoms with Crippen LogP contribution in [0.3, 0.4) is 0 Å². The zero-order chi connectivity index (χ0) is 21.9. The van der Waals surface area contributed by atoms with Crippen molar-refractivity contribution in [1.82, 2.24) is 0 Å². The number of hydrogen-bond donors (Lipinski definition) is 1. The highest BCUT2D eigenvalue weighted by Gasteiger charge is 2.27. The van der Waals surface area contributed by atoms with Gasteiger partial charge in [0.2, 0.25) is 5.91 Å². The number of esters is 2. The summed E-state index contributed by atoms with van der Waals surface area (Å²) in [4.78, 5) is 37.3. The van der Waals surface area contributed by atoms with E-state index in [4.69, 9.17) is 18.9 Å². The van der Waals surface area contributed by atoms with Gasteiger partial charge in [0.1, 0.15) is 22.2 Å². The molecule has 0 radical (unpaired) electrons. The first kappa shape index (κ1) is 23.4. The smallest absolute Gasteiger partial charge is 0.348 e. The molecule has 1 amide bonds. The predicted molar refractivity (Wildman–Crippen MR) is 112 cm³/mol. The number of rotatable bonds is 11. The van der Waals surface area contributed by atoms with Crippen LogP contribution in [0.2, 0.25) is 0 Å². The number of nitrogens with one attached hydrogen (secondary N) is 1. The van der Waals surface area contributed by atoms with Crippen molar-refractivity contribution in [2.24, 2.45) is 0 Å². The highest BCUT2D eigenvalue weighted by Crippen LogP contribution is 2.34. The number of carbonyl (C=O) groups excluding carboxylic acids is 3. The molecule has 2 aromatic rings. The lowest BCUT2D eigenvalue weighted by molar-refractivity contribution is -0.116. The van der Waals surface area contributed by atoms with Crippen molar-refractivity contribution in [3.63, 3.8) is 0 Å². The maximum Gasteiger partial charge on any atom is 0.348 e. The number of para-hydroxylation sites is 1. The Balaban J connectivity index is 2.09. The van der Waals surface area contributed by atoms with E-state index < -0.39 is 11.9 Å². The van der Waals surface area contributed by atoms with Crippen LogP contribution in [-0.4, -0.2) is 51.4 Å². The SMILES string of the molecule is CCOC(=O)c1c(NC(=O)CCOc2ccccc2)sc(C(=O)OCCOC)c1C. The topological polar surface area (TPSA) is 100 Å². The normalized spacial score (nSPS) is 10.4. The molecule has 1 aromatic carbocycles. The van der Waals surface area contributed by atoms with Crippen molar-refractivity contribution < 1.29 is 33.3 Å². The second-order valence-electron chi connectivity index (χ2n) is 6.07. The van der Waals surface area contributed by atoms with E-state index in [9.17, 15) is 14.4 Å². The fraction of sp³-hybridized carbons (Fsp3) is 0.381. The summed E-state index contributed by atoms with van der Waals surface area (Å²) in [5.41, 5.74) is 0.551. The van der Waals surface area contributed by atoms with Gasteiger partial charge in [-0.2, -0.15) is 0 Å². The quantitative estimate of drug-likeness (QED) is 0.426. The fourth-order valence-corrected chi connectivity index (χ4v) is 3.60. The van der Waals surface area contributed by atoms with Gasteiger partial charge in [0.05, 0.1) is 31.8 Å². The molecule has 0 bridgehead atoms. The summed E-state index contributed by atoms with van der Waals surface area (Å²) in [6, 6.07) is 9.13. The van der Waals surface area contributed by atoms with E-state index in [-0.39, 0.29) is 54.2 Å². The molecule has 30 heavy (non-hydrogen) atoms. The summed E-state index contributed by atoms with van der Waals surface area (Å²) in [6.45, 7) is 3.97. The average molecular weight is 435 g/mol. The number of hydrogen-bond acceptors (Lipinski definition) is 8. The first-order valence-electron chi connectivity index (χ1n) is 9.42. The number of methoxy groups -OCH3 is 1. The highest BCUT2D eigenvalue weighted by atomic mass is 32.1. The van der Waals surface area contributed by atoms with Crippen molar-refractivity contribution in [2.45, 2.75) is 20.3 Å². The van der Waals surface area contributed by atoms with Crippen LogP contribution >= 0.6 is 11.3 Å². The van der Waals surface area contributed by atoms with Crippen LogP contribution in [0.25, 0.3) is 0 Å². The van der Waals surface area contributed by atoms with Gasteiger partial charge in [-0.15, -0.1) is 11.3 Å². The average Bonchev–Trinajstić information content (AvgIpc) is 3.05. The molecule has 2 rings (SSSR count). The Kier molecular flexibility index (Phi) is 9.30. The van der Waals surface area contributed by atoms with Crippen LogP contribution in [0.4, 0.5) is 5.00 Å². The van der Waals surface area contributed by atoms with Crippen LogP contribution in [0.5, 0.6) is 5.75 Å². The number of carbonyl (C=O) groups is 3. The third kappa shape index (κ3) is 6.57. The molecule has 1 heterocycles. The largest absolute Gasteiger partial charge is 0.493 e. The molecule has 9 heteroatoms. The molecule has 1 aromatic heterocycles. The van der Waals surface area contributed by atoms with Crippen molar-refractivity contribution in [3.05, 3.63) is 46.3 Å². The molecule has 0 aliphatic heterocycles. The van der Waals surface area contributed by atoms with Gasteiger partial charge in [0.15, 0.2) is 0 Å². The van der Waals surface area contributed by atoms with E-state index in [1.807, 2.05) is 18.2 Å². The van der Waals surface area contributed by atoms with E-state index in [1.54, 1.807) is 26.0 Å². The van der Waals surface area contributed by atoms with E-state index >= 15 is 0 Å². The molecule has 0 spiro atoms. The summed E-state index contributed by atoms with van der Waals surface area (Å²) in [7, 11) is 1.50. The Morgan fingerprint density at radius 2 is 1.73 bits per heavy atom. The summed E-state index contributed by atoms with van der Waals surface area (Å²) >= 11 is 0.976. The van der Waals surface area contributed by atoms with E-state index in [2.05, 4.69) is 5.32 Å². The van der Waals surface area contributed by atoms with Crippen LogP contribution in [0.15, 0.2) is 30.3 Å². The lowest BCUT2D eigenvalue weighted by Gasteiger charge is -2.08. The third-order valence-electron chi connectivity index (χ3n) is 3.93. The Hall–Kier alpha value is -2.91. The highest BCUT2D eigenvalue weighted by molar-refractivity contribution is 7.18. The predicted octanol–water partition coefficient (Wildman–Crippen LogP) is 3.44. The fourth-order valence-electron chi connectivity index (χ4n) is 2.50. The monoisotopic (exact) mass is 435 g/mol. The summed E-state index contributed by atoms with van der Waals surface area (Å²) in [5.74, 6) is -0.895. The van der Waals surface area contributed by atoms with Crippen LogP contribution < -0.4 is 10.1 Å². The molecular formula is C21H25NO7S. The second-order valence-corrected chi connectivity index (χ2v) is 7.09. The molecule has 0 aliphatic carbocycles. The van der Waals surface area contributed by atoms with Gasteiger partial charge in [0.25, 0.3) is 0 Å². The zero-order valence-electron chi connectivity index (χ0n) is 17.2. The Labute approximate surface area is 179 Å². The first-order chi connectivity index (χ1) is 14.5. The van der Waals surface area contributed by atoms with Gasteiger partial charge in [-0.25, -0.2) is 9.59 Å². The van der Waals surface area contributed by atoms with Gasteiger partial charge in [-0.1, -0.05) is 18.2 Å². The molecule has 0 atom stereocenters. The Bertz CT molecular complexity index is 864. The van der Waals surface area contributed by atoms with Crippen LogP contribution in [0.1, 0.15) is 38.9 Å². The number of anilines is 1. The van der Waals surface area contributed by atoms with E-state index in [0.717, 1.165) is 11.3 Å². The van der Waals surface area contributed by atoms with Gasteiger partial charge in [0, 0.05) is 7.11 Å². The number of thiophene rings is 1. The number of ether oxygens (including phenoxy) is 4. The van der Waals surface area contributed by atoms with Crippen molar-refractivity contribution in [1.29, 1.82) is 0 Å². The third-order valence-corrected chi connectivity index (χ3v) is 5.11. The molecule has 162 valence electrons. The van der Waals surface area contributed by atoms with Gasteiger partial charge in [-0.3, -0.25) is 4.79 Å². The molecule has 0 saturated heterocycles. The first-order valence-corrected chi connectivity index (χ1v) is 10.2. The van der Waals surface area contributed by atoms with Gasteiger partial charge >= 0.3 is 11.9 Å². The van der Waals surface area contributed by atoms with Crippen LogP contribution in [-0.2, 0) is 19.0 Å². The minimum atomic E-state index is -0.613. The van der Waals surface area contributed by atoms with E-state index in [0.29, 0.717) is 11.3 Å². The number of benzene rings is 1. The molecule has 0 fully saturated rings. The molecular weight excluding hydrogens is 410 g/mol. The van der Waals surface area contributed by atoms with Gasteiger partial charge < -0.3 is 24.3 Å². The van der Waals surface area contributed by atoms with E-state index in [1.165, 1.54) is 7.11 Å². The Morgan fingerprint density at radius 3 is 2.40 bits per heavy atom. The minimum absolute atomic E-state index is 0.0712. The second kappa shape index (κ2) is 11.9. The molecule has 0 unspecified atom stereocenters. The molecule has 0 saturated carbocycles.